The van der Waals surface area contributed by atoms with Gasteiger partial charge in [-0.15, -0.1) is 0 Å². The van der Waals surface area contributed by atoms with Crippen molar-refractivity contribution in [3.63, 3.8) is 0 Å². The minimum Gasteiger partial charge on any atom is -0.464 e. The van der Waals surface area contributed by atoms with Crippen LogP contribution in [0.3, 0.4) is 0 Å². The zero-order valence-corrected chi connectivity index (χ0v) is 16.6. The molecule has 0 aliphatic rings. The summed E-state index contributed by atoms with van der Waals surface area (Å²) in [5.74, 6) is -0.506. The molecule has 1 rings (SSSR count). The zero-order valence-electron chi connectivity index (χ0n) is 16.6. The summed E-state index contributed by atoms with van der Waals surface area (Å²) in [4.78, 5) is 24.2. The van der Waals surface area contributed by atoms with Gasteiger partial charge >= 0.3 is 13.3 Å². The number of aliphatic hydroxyl groups is 2. The average Bonchev–Trinajstić information content (AvgIpc) is 2.47. The standard InChI is InChI=1S/C17H27NO5.BH3O3/c1-7-23-14(20)15(2,3)18-11-12(8-9-13(18)19)10-17(6,22)16(4,5)21;2-1(3)4/h8-9,11,21-22H,7,10H2,1-6H3;2-4H. The Morgan fingerprint density at radius 1 is 1.11 bits per heavy atom. The van der Waals surface area contributed by atoms with Crippen molar-refractivity contribution in [2.24, 2.45) is 0 Å². The predicted octanol–water partition coefficient (Wildman–Crippen LogP) is -0.841. The van der Waals surface area contributed by atoms with Crippen LogP contribution in [-0.2, 0) is 21.5 Å². The number of aromatic nitrogens is 1. The lowest BCUT2D eigenvalue weighted by atomic mass is 9.83. The molecular weight excluding hydrogens is 357 g/mol. The molecule has 1 unspecified atom stereocenters. The monoisotopic (exact) mass is 387 g/mol. The number of carbonyl (C=O) groups is 1. The summed E-state index contributed by atoms with van der Waals surface area (Å²) in [7, 11) is -2.17. The van der Waals surface area contributed by atoms with E-state index >= 15 is 0 Å². The Balaban J connectivity index is 0.00000153. The zero-order chi connectivity index (χ0) is 21.6. The largest absolute Gasteiger partial charge is 0.631 e. The fraction of sp³-hybridized carbons (Fsp3) is 0.647. The Bertz CT molecular complexity index is 673. The van der Waals surface area contributed by atoms with Crippen LogP contribution >= 0.6 is 0 Å². The molecule has 0 aromatic carbocycles. The highest BCUT2D eigenvalue weighted by Gasteiger charge is 2.38. The normalized spacial score (nSPS) is 13.9. The van der Waals surface area contributed by atoms with Crippen molar-refractivity contribution < 1.29 is 34.8 Å². The van der Waals surface area contributed by atoms with E-state index in [0.29, 0.717) is 5.56 Å². The second-order valence-corrected chi connectivity index (χ2v) is 7.38. The van der Waals surface area contributed by atoms with Gasteiger partial charge in [0.25, 0.3) is 5.56 Å². The lowest BCUT2D eigenvalue weighted by Crippen LogP contribution is -2.49. The molecule has 0 radical (unpaired) electrons. The number of rotatable bonds is 6. The van der Waals surface area contributed by atoms with Gasteiger partial charge < -0.3 is 30.0 Å². The SMILES string of the molecule is CCOC(=O)C(C)(C)n1cc(CC(C)(O)C(C)(C)O)ccc1=O.OB(O)O. The van der Waals surface area contributed by atoms with E-state index in [9.17, 15) is 19.8 Å². The molecule has 0 bridgehead atoms. The van der Waals surface area contributed by atoms with E-state index in [4.69, 9.17) is 19.8 Å². The molecule has 0 aliphatic heterocycles. The molecule has 0 amide bonds. The topological polar surface area (TPSA) is 149 Å². The number of ether oxygens (including phenoxy) is 1. The van der Waals surface area contributed by atoms with Crippen molar-refractivity contribution in [2.45, 2.75) is 64.7 Å². The highest BCUT2D eigenvalue weighted by Crippen LogP contribution is 2.26. The number of hydrogen-bond acceptors (Lipinski definition) is 8. The Labute approximate surface area is 159 Å². The second kappa shape index (κ2) is 9.47. The summed E-state index contributed by atoms with van der Waals surface area (Å²) in [5, 5.41) is 42.0. The van der Waals surface area contributed by atoms with Crippen LogP contribution in [-0.4, -0.2) is 61.0 Å². The van der Waals surface area contributed by atoms with Crippen molar-refractivity contribution in [3.05, 3.63) is 34.2 Å². The van der Waals surface area contributed by atoms with E-state index < -0.39 is 30.0 Å². The van der Waals surface area contributed by atoms with E-state index in [1.165, 1.54) is 37.6 Å². The first-order valence-corrected chi connectivity index (χ1v) is 8.44. The predicted molar refractivity (Wildman–Crippen MR) is 99.7 cm³/mol. The van der Waals surface area contributed by atoms with Crippen LogP contribution in [0, 0.1) is 0 Å². The van der Waals surface area contributed by atoms with Crippen LogP contribution in [0.2, 0.25) is 0 Å². The van der Waals surface area contributed by atoms with Gasteiger partial charge in [-0.2, -0.15) is 0 Å². The first-order valence-electron chi connectivity index (χ1n) is 8.44. The van der Waals surface area contributed by atoms with Gasteiger partial charge in [0, 0.05) is 18.7 Å². The maximum absolute atomic E-state index is 12.1. The summed E-state index contributed by atoms with van der Waals surface area (Å²) in [5.41, 5.74) is -3.57. The van der Waals surface area contributed by atoms with Crippen LogP contribution in [0.5, 0.6) is 0 Å². The maximum atomic E-state index is 12.1. The van der Waals surface area contributed by atoms with Gasteiger partial charge in [0.15, 0.2) is 0 Å². The minimum absolute atomic E-state index is 0.135. The highest BCUT2D eigenvalue weighted by molar-refractivity contribution is 6.30. The third kappa shape index (κ3) is 7.43. The quantitative estimate of drug-likeness (QED) is 0.313. The fourth-order valence-electron chi connectivity index (χ4n) is 2.09. The van der Waals surface area contributed by atoms with Crippen molar-refractivity contribution in [2.75, 3.05) is 6.61 Å². The third-order valence-corrected chi connectivity index (χ3v) is 4.22. The van der Waals surface area contributed by atoms with E-state index in [0.717, 1.165) is 0 Å². The Hall–Kier alpha value is -1.72. The van der Waals surface area contributed by atoms with Crippen LogP contribution in [0.15, 0.2) is 23.1 Å². The average molecular weight is 387 g/mol. The van der Waals surface area contributed by atoms with Gasteiger partial charge in [-0.25, -0.2) is 4.79 Å². The van der Waals surface area contributed by atoms with Gasteiger partial charge in [0.2, 0.25) is 0 Å². The molecule has 1 heterocycles. The van der Waals surface area contributed by atoms with Crippen LogP contribution in [0.4, 0.5) is 0 Å². The Kier molecular flexibility index (Phi) is 8.87. The lowest BCUT2D eigenvalue weighted by molar-refractivity contribution is -0.152. The molecule has 0 saturated carbocycles. The van der Waals surface area contributed by atoms with Crippen molar-refractivity contribution in [3.8, 4) is 0 Å². The van der Waals surface area contributed by atoms with E-state index in [1.54, 1.807) is 26.8 Å². The van der Waals surface area contributed by atoms with Gasteiger partial charge in [0.1, 0.15) is 5.54 Å². The summed E-state index contributed by atoms with van der Waals surface area (Å²) >= 11 is 0. The fourth-order valence-corrected chi connectivity index (χ4v) is 2.09. The molecule has 1 aromatic rings. The van der Waals surface area contributed by atoms with Gasteiger partial charge in [0.05, 0.1) is 17.8 Å². The van der Waals surface area contributed by atoms with Crippen LogP contribution in [0.25, 0.3) is 0 Å². The number of hydrogen-bond donors (Lipinski definition) is 5. The van der Waals surface area contributed by atoms with E-state index in [1.807, 2.05) is 0 Å². The van der Waals surface area contributed by atoms with E-state index in [-0.39, 0.29) is 18.6 Å². The van der Waals surface area contributed by atoms with E-state index in [2.05, 4.69) is 0 Å². The third-order valence-electron chi connectivity index (χ3n) is 4.22. The maximum Gasteiger partial charge on any atom is 0.631 e. The van der Waals surface area contributed by atoms with Crippen molar-refractivity contribution >= 4 is 13.3 Å². The number of pyridine rings is 1. The molecule has 10 heteroatoms. The summed E-state index contributed by atoms with van der Waals surface area (Å²) in [6, 6.07) is 2.93. The Morgan fingerprint density at radius 3 is 2.00 bits per heavy atom. The first-order chi connectivity index (χ1) is 12.1. The number of nitrogens with zero attached hydrogens (tertiary/aromatic N) is 1. The van der Waals surface area contributed by atoms with Crippen LogP contribution < -0.4 is 5.56 Å². The molecular formula is C17H30BNO8. The van der Waals surface area contributed by atoms with Gasteiger partial charge in [-0.3, -0.25) is 9.36 Å². The summed E-state index contributed by atoms with van der Waals surface area (Å²) in [6.07, 6.45) is 1.66. The Morgan fingerprint density at radius 2 is 1.59 bits per heavy atom. The van der Waals surface area contributed by atoms with Crippen molar-refractivity contribution in [1.29, 1.82) is 0 Å². The highest BCUT2D eigenvalue weighted by atomic mass is 16.5. The molecule has 0 aliphatic carbocycles. The molecule has 5 N–H and O–H groups in total. The number of esters is 1. The smallest absolute Gasteiger partial charge is 0.464 e. The lowest BCUT2D eigenvalue weighted by Gasteiger charge is -2.36. The molecule has 9 nitrogen and oxygen atoms in total. The van der Waals surface area contributed by atoms with Crippen molar-refractivity contribution in [1.82, 2.24) is 4.57 Å². The first kappa shape index (κ1) is 25.3. The number of carbonyl (C=O) groups excluding carboxylic acids is 1. The molecule has 0 fully saturated rings. The molecule has 0 saturated heterocycles. The van der Waals surface area contributed by atoms with Gasteiger partial charge in [-0.05, 0) is 47.1 Å². The van der Waals surface area contributed by atoms with Crippen LogP contribution in [0.1, 0.15) is 47.1 Å². The molecule has 1 atom stereocenters. The summed E-state index contributed by atoms with van der Waals surface area (Å²) in [6.45, 7) is 9.70. The second-order valence-electron chi connectivity index (χ2n) is 7.38. The molecule has 1 aromatic heterocycles. The molecule has 27 heavy (non-hydrogen) atoms. The van der Waals surface area contributed by atoms with Gasteiger partial charge in [-0.1, -0.05) is 6.07 Å². The summed E-state index contributed by atoms with van der Waals surface area (Å²) < 4.78 is 6.32. The molecule has 0 spiro atoms. The molecule has 154 valence electrons. The minimum atomic E-state index is -2.17.